The maximum atomic E-state index is 13.8. The first kappa shape index (κ1) is 15.8. The van der Waals surface area contributed by atoms with Crippen LogP contribution in [0.3, 0.4) is 0 Å². The SMILES string of the molecule is CC(c1ccccc1Cl)N(C)c1cc(F)cc(CCN)c1. The van der Waals surface area contributed by atoms with E-state index in [1.807, 2.05) is 42.3 Å². The van der Waals surface area contributed by atoms with Crippen molar-refractivity contribution in [1.29, 1.82) is 0 Å². The Morgan fingerprint density at radius 3 is 2.62 bits per heavy atom. The Morgan fingerprint density at radius 2 is 1.95 bits per heavy atom. The Morgan fingerprint density at radius 1 is 1.24 bits per heavy atom. The van der Waals surface area contributed by atoms with Gasteiger partial charge < -0.3 is 10.6 Å². The molecule has 2 N–H and O–H groups in total. The zero-order valence-electron chi connectivity index (χ0n) is 12.3. The number of hydrogen-bond acceptors (Lipinski definition) is 2. The van der Waals surface area contributed by atoms with Gasteiger partial charge >= 0.3 is 0 Å². The third-order valence-corrected chi connectivity index (χ3v) is 4.06. The molecule has 0 heterocycles. The Hall–Kier alpha value is -1.58. The second kappa shape index (κ2) is 6.92. The number of nitrogens with zero attached hydrogens (tertiary/aromatic N) is 1. The third kappa shape index (κ3) is 3.74. The van der Waals surface area contributed by atoms with Crippen LogP contribution in [0.5, 0.6) is 0 Å². The lowest BCUT2D eigenvalue weighted by Gasteiger charge is -2.28. The molecular weight excluding hydrogens is 287 g/mol. The summed E-state index contributed by atoms with van der Waals surface area (Å²) in [5.41, 5.74) is 8.31. The predicted octanol–water partition coefficient (Wildman–Crippen LogP) is 4.18. The average molecular weight is 307 g/mol. The van der Waals surface area contributed by atoms with E-state index in [9.17, 15) is 4.39 Å². The zero-order valence-corrected chi connectivity index (χ0v) is 13.1. The van der Waals surface area contributed by atoms with Crippen molar-refractivity contribution >= 4 is 17.3 Å². The fourth-order valence-corrected chi connectivity index (χ4v) is 2.69. The summed E-state index contributed by atoms with van der Waals surface area (Å²) in [6.45, 7) is 2.56. The summed E-state index contributed by atoms with van der Waals surface area (Å²) in [5, 5.41) is 0.718. The van der Waals surface area contributed by atoms with E-state index in [0.717, 1.165) is 21.8 Å². The highest BCUT2D eigenvalue weighted by Crippen LogP contribution is 2.30. The molecular formula is C17H20ClFN2. The van der Waals surface area contributed by atoms with Gasteiger partial charge in [-0.05, 0) is 55.3 Å². The molecule has 0 aliphatic carbocycles. The second-order valence-corrected chi connectivity index (χ2v) is 5.57. The minimum absolute atomic E-state index is 0.0474. The van der Waals surface area contributed by atoms with Crippen LogP contribution in [0.2, 0.25) is 5.02 Å². The van der Waals surface area contributed by atoms with Gasteiger partial charge in [0.25, 0.3) is 0 Å². The first-order chi connectivity index (χ1) is 10.0. The molecule has 0 amide bonds. The number of nitrogens with two attached hydrogens (primary N) is 1. The van der Waals surface area contributed by atoms with E-state index >= 15 is 0 Å². The second-order valence-electron chi connectivity index (χ2n) is 5.16. The molecule has 21 heavy (non-hydrogen) atoms. The molecule has 0 aliphatic rings. The van der Waals surface area contributed by atoms with Crippen LogP contribution in [0.15, 0.2) is 42.5 Å². The van der Waals surface area contributed by atoms with Crippen LogP contribution < -0.4 is 10.6 Å². The normalized spacial score (nSPS) is 12.2. The molecule has 0 saturated heterocycles. The van der Waals surface area contributed by atoms with Crippen molar-refractivity contribution in [3.8, 4) is 0 Å². The van der Waals surface area contributed by atoms with Crippen LogP contribution in [-0.4, -0.2) is 13.6 Å². The average Bonchev–Trinajstić information content (AvgIpc) is 2.46. The molecule has 0 aromatic heterocycles. The molecule has 0 radical (unpaired) electrons. The molecule has 112 valence electrons. The largest absolute Gasteiger partial charge is 0.368 e. The van der Waals surface area contributed by atoms with E-state index in [2.05, 4.69) is 6.92 Å². The number of halogens is 2. The maximum absolute atomic E-state index is 13.8. The Kier molecular flexibility index (Phi) is 5.21. The molecule has 0 spiro atoms. The predicted molar refractivity (Wildman–Crippen MR) is 87.4 cm³/mol. The fourth-order valence-electron chi connectivity index (χ4n) is 2.39. The van der Waals surface area contributed by atoms with E-state index in [1.165, 1.54) is 12.1 Å². The molecule has 0 saturated carbocycles. The van der Waals surface area contributed by atoms with E-state index in [4.69, 9.17) is 17.3 Å². The van der Waals surface area contributed by atoms with E-state index < -0.39 is 0 Å². The summed E-state index contributed by atoms with van der Waals surface area (Å²) < 4.78 is 13.8. The first-order valence-electron chi connectivity index (χ1n) is 6.99. The number of benzene rings is 2. The zero-order chi connectivity index (χ0) is 15.4. The molecule has 1 atom stereocenters. The van der Waals surface area contributed by atoms with Gasteiger partial charge in [0.15, 0.2) is 0 Å². The van der Waals surface area contributed by atoms with Crippen molar-refractivity contribution in [3.05, 3.63) is 64.4 Å². The molecule has 2 aromatic carbocycles. The summed E-state index contributed by atoms with van der Waals surface area (Å²) in [4.78, 5) is 2.02. The van der Waals surface area contributed by atoms with Gasteiger partial charge in [0, 0.05) is 17.8 Å². The fraction of sp³-hybridized carbons (Fsp3) is 0.294. The van der Waals surface area contributed by atoms with Crippen molar-refractivity contribution < 1.29 is 4.39 Å². The van der Waals surface area contributed by atoms with Crippen LogP contribution in [0, 0.1) is 5.82 Å². The van der Waals surface area contributed by atoms with Gasteiger partial charge in [-0.1, -0.05) is 29.8 Å². The summed E-state index contributed by atoms with van der Waals surface area (Å²) in [5.74, 6) is -0.242. The van der Waals surface area contributed by atoms with Crippen LogP contribution >= 0.6 is 11.6 Å². The number of anilines is 1. The molecule has 2 rings (SSSR count). The summed E-state index contributed by atoms with van der Waals surface area (Å²) in [7, 11) is 1.94. The number of rotatable bonds is 5. The van der Waals surface area contributed by atoms with Crippen molar-refractivity contribution in [1.82, 2.24) is 0 Å². The highest BCUT2D eigenvalue weighted by Gasteiger charge is 2.16. The van der Waals surface area contributed by atoms with Gasteiger partial charge in [0.1, 0.15) is 5.82 Å². The van der Waals surface area contributed by atoms with Crippen molar-refractivity contribution in [2.24, 2.45) is 5.73 Å². The minimum Gasteiger partial charge on any atom is -0.368 e. The molecule has 0 aliphatic heterocycles. The van der Waals surface area contributed by atoms with Gasteiger partial charge in [0.2, 0.25) is 0 Å². The lowest BCUT2D eigenvalue weighted by Crippen LogP contribution is -2.22. The standard InChI is InChI=1S/C17H20ClFN2/c1-12(16-5-3-4-6-17(16)18)21(2)15-10-13(7-8-20)9-14(19)11-15/h3-6,9-12H,7-8,20H2,1-2H3. The minimum atomic E-state index is -0.242. The monoisotopic (exact) mass is 306 g/mol. The van der Waals surface area contributed by atoms with E-state index in [-0.39, 0.29) is 11.9 Å². The van der Waals surface area contributed by atoms with E-state index in [0.29, 0.717) is 13.0 Å². The van der Waals surface area contributed by atoms with Crippen molar-refractivity contribution in [3.63, 3.8) is 0 Å². The van der Waals surface area contributed by atoms with Gasteiger partial charge in [0.05, 0.1) is 6.04 Å². The lowest BCUT2D eigenvalue weighted by atomic mass is 10.1. The van der Waals surface area contributed by atoms with Gasteiger partial charge in [-0.3, -0.25) is 0 Å². The third-order valence-electron chi connectivity index (χ3n) is 3.72. The van der Waals surface area contributed by atoms with Crippen molar-refractivity contribution in [2.75, 3.05) is 18.5 Å². The topological polar surface area (TPSA) is 29.3 Å². The summed E-state index contributed by atoms with van der Waals surface area (Å²) >= 11 is 6.25. The quantitative estimate of drug-likeness (QED) is 0.898. The van der Waals surface area contributed by atoms with Gasteiger partial charge in [-0.15, -0.1) is 0 Å². The molecule has 2 nitrogen and oxygen atoms in total. The Labute approximate surface area is 130 Å². The molecule has 1 unspecified atom stereocenters. The lowest BCUT2D eigenvalue weighted by molar-refractivity contribution is 0.622. The Balaban J connectivity index is 2.31. The van der Waals surface area contributed by atoms with Crippen LogP contribution in [0.1, 0.15) is 24.1 Å². The van der Waals surface area contributed by atoms with Gasteiger partial charge in [-0.25, -0.2) is 4.39 Å². The highest BCUT2D eigenvalue weighted by molar-refractivity contribution is 6.31. The molecule has 0 bridgehead atoms. The number of hydrogen-bond donors (Lipinski definition) is 1. The van der Waals surface area contributed by atoms with Crippen LogP contribution in [0.25, 0.3) is 0 Å². The Bertz CT molecular complexity index is 615. The molecule has 0 fully saturated rings. The summed E-state index contributed by atoms with van der Waals surface area (Å²) in [6.07, 6.45) is 0.666. The van der Waals surface area contributed by atoms with E-state index in [1.54, 1.807) is 0 Å². The van der Waals surface area contributed by atoms with Crippen LogP contribution in [0.4, 0.5) is 10.1 Å². The van der Waals surface area contributed by atoms with Gasteiger partial charge in [-0.2, -0.15) is 0 Å². The maximum Gasteiger partial charge on any atom is 0.125 e. The van der Waals surface area contributed by atoms with Crippen LogP contribution in [-0.2, 0) is 6.42 Å². The highest BCUT2D eigenvalue weighted by atomic mass is 35.5. The summed E-state index contributed by atoms with van der Waals surface area (Å²) in [6, 6.07) is 12.8. The molecule has 4 heteroatoms. The smallest absolute Gasteiger partial charge is 0.125 e. The molecule has 2 aromatic rings. The first-order valence-corrected chi connectivity index (χ1v) is 7.37. The van der Waals surface area contributed by atoms with Crippen molar-refractivity contribution in [2.45, 2.75) is 19.4 Å².